The van der Waals surface area contributed by atoms with E-state index in [1.54, 1.807) is 6.33 Å². The summed E-state index contributed by atoms with van der Waals surface area (Å²) in [7, 11) is 1.91. The molecule has 3 aromatic rings. The van der Waals surface area contributed by atoms with E-state index in [1.165, 1.54) is 0 Å². The summed E-state index contributed by atoms with van der Waals surface area (Å²) in [6.45, 7) is 0.424. The fourth-order valence-electron chi connectivity index (χ4n) is 2.12. The first-order valence-electron chi connectivity index (χ1n) is 5.61. The van der Waals surface area contributed by atoms with Gasteiger partial charge in [-0.15, -0.1) is 0 Å². The second kappa shape index (κ2) is 3.85. The first kappa shape index (κ1) is 10.8. The Morgan fingerprint density at radius 3 is 2.89 bits per heavy atom. The molecule has 0 bridgehead atoms. The molecule has 2 heterocycles. The molecule has 92 valence electrons. The molecule has 3 rings (SSSR count). The van der Waals surface area contributed by atoms with Gasteiger partial charge in [-0.2, -0.15) is 0 Å². The van der Waals surface area contributed by atoms with Crippen LogP contribution in [-0.4, -0.2) is 19.5 Å². The summed E-state index contributed by atoms with van der Waals surface area (Å²) in [5.41, 5.74) is 9.83. The molecule has 1 aromatic carbocycles. The third kappa shape index (κ3) is 1.54. The second-order valence-electron chi connectivity index (χ2n) is 4.19. The maximum Gasteiger partial charge on any atom is 0.323 e. The van der Waals surface area contributed by atoms with Crippen molar-refractivity contribution in [1.82, 2.24) is 19.5 Å². The fourth-order valence-corrected chi connectivity index (χ4v) is 2.12. The Morgan fingerprint density at radius 2 is 2.11 bits per heavy atom. The second-order valence-corrected chi connectivity index (χ2v) is 4.19. The zero-order valence-corrected chi connectivity index (χ0v) is 9.90. The van der Waals surface area contributed by atoms with Gasteiger partial charge in [0.2, 0.25) is 0 Å². The van der Waals surface area contributed by atoms with Crippen molar-refractivity contribution in [2.75, 3.05) is 0 Å². The van der Waals surface area contributed by atoms with E-state index in [9.17, 15) is 4.79 Å². The van der Waals surface area contributed by atoms with Crippen LogP contribution in [0.3, 0.4) is 0 Å². The summed E-state index contributed by atoms with van der Waals surface area (Å²) < 4.78 is 1.90. The number of aryl methyl sites for hydroxylation is 1. The van der Waals surface area contributed by atoms with Gasteiger partial charge < -0.3 is 20.3 Å². The maximum absolute atomic E-state index is 11.2. The standard InChI is InChI=1S/C12H13N5O/c1-17-6-14-11(10(17)5-13)7-2-3-8-9(4-7)16-12(18)15-8/h2-4,6H,5,13H2,1H3,(H2,15,16,18). The number of nitrogens with zero attached hydrogens (tertiary/aromatic N) is 2. The summed E-state index contributed by atoms with van der Waals surface area (Å²) in [4.78, 5) is 21.0. The van der Waals surface area contributed by atoms with Crippen molar-refractivity contribution >= 4 is 11.0 Å². The molecule has 18 heavy (non-hydrogen) atoms. The lowest BCUT2D eigenvalue weighted by atomic mass is 10.1. The number of hydrogen-bond acceptors (Lipinski definition) is 3. The van der Waals surface area contributed by atoms with Crippen LogP contribution in [0.1, 0.15) is 5.69 Å². The van der Waals surface area contributed by atoms with Gasteiger partial charge in [-0.25, -0.2) is 9.78 Å². The molecule has 0 aliphatic carbocycles. The number of nitrogens with two attached hydrogens (primary N) is 1. The first-order valence-corrected chi connectivity index (χ1v) is 5.61. The van der Waals surface area contributed by atoms with E-state index in [2.05, 4.69) is 15.0 Å². The van der Waals surface area contributed by atoms with Crippen molar-refractivity contribution in [3.8, 4) is 11.3 Å². The minimum absolute atomic E-state index is 0.206. The third-order valence-electron chi connectivity index (χ3n) is 3.04. The molecule has 0 saturated heterocycles. The summed E-state index contributed by atoms with van der Waals surface area (Å²) in [6.07, 6.45) is 1.74. The molecule has 0 spiro atoms. The molecule has 6 heteroatoms. The van der Waals surface area contributed by atoms with Gasteiger partial charge in [0.05, 0.1) is 28.7 Å². The van der Waals surface area contributed by atoms with Gasteiger partial charge in [-0.1, -0.05) is 6.07 Å². The fraction of sp³-hybridized carbons (Fsp3) is 0.167. The Morgan fingerprint density at radius 1 is 1.33 bits per heavy atom. The van der Waals surface area contributed by atoms with E-state index >= 15 is 0 Å². The van der Waals surface area contributed by atoms with Crippen LogP contribution in [0.25, 0.3) is 22.3 Å². The molecular weight excluding hydrogens is 230 g/mol. The average Bonchev–Trinajstić information content (AvgIpc) is 2.89. The molecule has 4 N–H and O–H groups in total. The Bertz CT molecular complexity index is 764. The number of imidazole rings is 2. The lowest BCUT2D eigenvalue weighted by Crippen LogP contribution is -2.04. The Hall–Kier alpha value is -2.34. The van der Waals surface area contributed by atoms with E-state index in [4.69, 9.17) is 5.73 Å². The van der Waals surface area contributed by atoms with Crippen molar-refractivity contribution in [1.29, 1.82) is 0 Å². The quantitative estimate of drug-likeness (QED) is 0.619. The highest BCUT2D eigenvalue weighted by Crippen LogP contribution is 2.23. The number of rotatable bonds is 2. The highest BCUT2D eigenvalue weighted by atomic mass is 16.1. The Labute approximate surface area is 102 Å². The SMILES string of the molecule is Cn1cnc(-c2ccc3[nH]c(=O)[nH]c3c2)c1CN. The van der Waals surface area contributed by atoms with Gasteiger partial charge in [0.15, 0.2) is 0 Å². The third-order valence-corrected chi connectivity index (χ3v) is 3.04. The smallest absolute Gasteiger partial charge is 0.323 e. The normalized spacial score (nSPS) is 11.2. The zero-order chi connectivity index (χ0) is 12.7. The predicted octanol–water partition coefficient (Wildman–Crippen LogP) is 0.715. The minimum atomic E-state index is -0.206. The number of aromatic nitrogens is 4. The number of nitrogens with one attached hydrogen (secondary N) is 2. The van der Waals surface area contributed by atoms with E-state index in [1.807, 2.05) is 29.8 Å². The van der Waals surface area contributed by atoms with Gasteiger partial charge in [0.25, 0.3) is 0 Å². The maximum atomic E-state index is 11.2. The van der Waals surface area contributed by atoms with Crippen LogP contribution in [-0.2, 0) is 13.6 Å². The van der Waals surface area contributed by atoms with Crippen molar-refractivity contribution in [3.05, 3.63) is 40.7 Å². The van der Waals surface area contributed by atoms with Crippen LogP contribution < -0.4 is 11.4 Å². The van der Waals surface area contributed by atoms with Crippen LogP contribution in [0.15, 0.2) is 29.3 Å². The molecule has 0 atom stereocenters. The number of benzene rings is 1. The van der Waals surface area contributed by atoms with E-state index in [0.717, 1.165) is 28.0 Å². The molecule has 0 unspecified atom stereocenters. The van der Waals surface area contributed by atoms with Crippen molar-refractivity contribution in [2.45, 2.75) is 6.54 Å². The molecule has 0 radical (unpaired) electrons. The van der Waals surface area contributed by atoms with Gasteiger partial charge in [-0.05, 0) is 12.1 Å². The lowest BCUT2D eigenvalue weighted by molar-refractivity contribution is 0.822. The summed E-state index contributed by atoms with van der Waals surface area (Å²) in [5.74, 6) is 0. The highest BCUT2D eigenvalue weighted by Gasteiger charge is 2.10. The molecule has 0 aliphatic heterocycles. The largest absolute Gasteiger partial charge is 0.336 e. The van der Waals surface area contributed by atoms with Gasteiger partial charge in [0.1, 0.15) is 0 Å². The summed E-state index contributed by atoms with van der Waals surface area (Å²) >= 11 is 0. The molecular formula is C12H13N5O. The van der Waals surface area contributed by atoms with Crippen LogP contribution in [0, 0.1) is 0 Å². The van der Waals surface area contributed by atoms with E-state index in [0.29, 0.717) is 6.54 Å². The van der Waals surface area contributed by atoms with Gasteiger partial charge in [-0.3, -0.25) is 0 Å². The van der Waals surface area contributed by atoms with Gasteiger partial charge >= 0.3 is 5.69 Å². The zero-order valence-electron chi connectivity index (χ0n) is 9.90. The monoisotopic (exact) mass is 243 g/mol. The van der Waals surface area contributed by atoms with Gasteiger partial charge in [0, 0.05) is 19.2 Å². The van der Waals surface area contributed by atoms with Crippen LogP contribution in [0.5, 0.6) is 0 Å². The van der Waals surface area contributed by atoms with Crippen LogP contribution in [0.4, 0.5) is 0 Å². The Kier molecular flexibility index (Phi) is 2.31. The minimum Gasteiger partial charge on any atom is -0.336 e. The summed E-state index contributed by atoms with van der Waals surface area (Å²) in [6, 6.07) is 5.68. The van der Waals surface area contributed by atoms with E-state index in [-0.39, 0.29) is 5.69 Å². The lowest BCUT2D eigenvalue weighted by Gasteiger charge is -2.03. The molecule has 6 nitrogen and oxygen atoms in total. The topological polar surface area (TPSA) is 92.5 Å². The number of fused-ring (bicyclic) bond motifs is 1. The predicted molar refractivity (Wildman–Crippen MR) is 69.0 cm³/mol. The highest BCUT2D eigenvalue weighted by molar-refractivity contribution is 5.81. The number of aromatic amines is 2. The molecule has 0 saturated carbocycles. The van der Waals surface area contributed by atoms with Crippen LogP contribution >= 0.6 is 0 Å². The molecule has 0 fully saturated rings. The van der Waals surface area contributed by atoms with Crippen molar-refractivity contribution in [3.63, 3.8) is 0 Å². The van der Waals surface area contributed by atoms with Crippen molar-refractivity contribution < 1.29 is 0 Å². The Balaban J connectivity index is 2.21. The average molecular weight is 243 g/mol. The molecule has 0 amide bonds. The number of H-pyrrole nitrogens is 2. The molecule has 2 aromatic heterocycles. The van der Waals surface area contributed by atoms with E-state index < -0.39 is 0 Å². The first-order chi connectivity index (χ1) is 8.69. The summed E-state index contributed by atoms with van der Waals surface area (Å²) in [5, 5.41) is 0. The molecule has 0 aliphatic rings. The number of hydrogen-bond donors (Lipinski definition) is 3. The van der Waals surface area contributed by atoms with Crippen molar-refractivity contribution in [2.24, 2.45) is 12.8 Å². The van der Waals surface area contributed by atoms with Crippen LogP contribution in [0.2, 0.25) is 0 Å².